The third-order valence-corrected chi connectivity index (χ3v) is 5.38. The van der Waals surface area contributed by atoms with Gasteiger partial charge in [0.2, 0.25) is 0 Å². The lowest BCUT2D eigenvalue weighted by molar-refractivity contribution is 0.416. The first-order valence-electron chi connectivity index (χ1n) is 9.99. The number of benzene rings is 4. The average Bonchev–Trinajstić information content (AvgIpc) is 2.74. The molecule has 4 aromatic rings. The van der Waals surface area contributed by atoms with Crippen molar-refractivity contribution >= 4 is 0 Å². The third-order valence-electron chi connectivity index (χ3n) is 5.38. The van der Waals surface area contributed by atoms with E-state index in [1.165, 1.54) is 44.5 Å². The van der Waals surface area contributed by atoms with Gasteiger partial charge in [-0.1, -0.05) is 90.0 Å². The highest BCUT2D eigenvalue weighted by Gasteiger charge is 2.18. The van der Waals surface area contributed by atoms with Gasteiger partial charge in [-0.05, 0) is 54.7 Å². The van der Waals surface area contributed by atoms with Gasteiger partial charge in [0.1, 0.15) is 5.75 Å². The molecule has 0 unspecified atom stereocenters. The van der Waals surface area contributed by atoms with Gasteiger partial charge in [0, 0.05) is 11.1 Å². The fraction of sp³-hybridized carbons (Fsp3) is 0.143. The first kappa shape index (κ1) is 19.0. The van der Waals surface area contributed by atoms with Crippen molar-refractivity contribution in [1.82, 2.24) is 0 Å². The van der Waals surface area contributed by atoms with Gasteiger partial charge in [-0.2, -0.15) is 0 Å². The van der Waals surface area contributed by atoms with E-state index in [9.17, 15) is 0 Å². The van der Waals surface area contributed by atoms with E-state index in [4.69, 9.17) is 4.74 Å². The quantitative estimate of drug-likeness (QED) is 0.355. The smallest absolute Gasteiger partial charge is 0.126 e. The molecule has 4 rings (SSSR count). The SMILES string of the molecule is COc1ccccc1-c1c(-c2ccc(C)cc2)cc(C)cc1-c1ccc(C)cc1. The first-order valence-corrected chi connectivity index (χ1v) is 9.99. The molecule has 0 N–H and O–H groups in total. The molecular weight excluding hydrogens is 352 g/mol. The highest BCUT2D eigenvalue weighted by Crippen LogP contribution is 2.44. The summed E-state index contributed by atoms with van der Waals surface area (Å²) < 4.78 is 5.75. The van der Waals surface area contributed by atoms with Crippen LogP contribution in [0.3, 0.4) is 0 Å². The number of para-hydroxylation sites is 1. The van der Waals surface area contributed by atoms with Crippen LogP contribution in [0.25, 0.3) is 33.4 Å². The van der Waals surface area contributed by atoms with E-state index >= 15 is 0 Å². The largest absolute Gasteiger partial charge is 0.496 e. The van der Waals surface area contributed by atoms with Crippen LogP contribution < -0.4 is 4.74 Å². The molecule has 29 heavy (non-hydrogen) atoms. The lowest BCUT2D eigenvalue weighted by atomic mass is 9.85. The summed E-state index contributed by atoms with van der Waals surface area (Å²) in [5.74, 6) is 0.887. The van der Waals surface area contributed by atoms with Gasteiger partial charge in [0.15, 0.2) is 0 Å². The van der Waals surface area contributed by atoms with Gasteiger partial charge in [-0.3, -0.25) is 0 Å². The molecule has 1 nitrogen and oxygen atoms in total. The van der Waals surface area contributed by atoms with Gasteiger partial charge in [0.05, 0.1) is 7.11 Å². The van der Waals surface area contributed by atoms with Crippen LogP contribution in [-0.4, -0.2) is 7.11 Å². The fourth-order valence-electron chi connectivity index (χ4n) is 3.85. The second-order valence-electron chi connectivity index (χ2n) is 7.67. The van der Waals surface area contributed by atoms with E-state index in [2.05, 4.69) is 93.6 Å². The van der Waals surface area contributed by atoms with Crippen molar-refractivity contribution in [2.24, 2.45) is 0 Å². The van der Waals surface area contributed by atoms with E-state index in [-0.39, 0.29) is 0 Å². The molecule has 0 radical (unpaired) electrons. The van der Waals surface area contributed by atoms with Crippen LogP contribution >= 0.6 is 0 Å². The Morgan fingerprint density at radius 1 is 0.517 bits per heavy atom. The van der Waals surface area contributed by atoms with Gasteiger partial charge >= 0.3 is 0 Å². The summed E-state index contributed by atoms with van der Waals surface area (Å²) in [5, 5.41) is 0. The van der Waals surface area contributed by atoms with E-state index in [0.717, 1.165) is 11.3 Å². The number of hydrogen-bond donors (Lipinski definition) is 0. The molecule has 0 bridgehead atoms. The van der Waals surface area contributed by atoms with Crippen molar-refractivity contribution in [3.8, 4) is 39.1 Å². The standard InChI is InChI=1S/C28H26O/c1-19-9-13-22(14-10-19)25-17-21(3)18-26(23-15-11-20(2)12-16-23)28(25)24-7-5-6-8-27(24)29-4/h5-18H,1-4H3. The number of methoxy groups -OCH3 is 1. The van der Waals surface area contributed by atoms with E-state index < -0.39 is 0 Å². The van der Waals surface area contributed by atoms with Crippen LogP contribution in [0.2, 0.25) is 0 Å². The molecule has 0 heterocycles. The van der Waals surface area contributed by atoms with Crippen LogP contribution in [0.15, 0.2) is 84.9 Å². The zero-order valence-corrected chi connectivity index (χ0v) is 17.5. The van der Waals surface area contributed by atoms with Crippen molar-refractivity contribution in [3.63, 3.8) is 0 Å². The fourth-order valence-corrected chi connectivity index (χ4v) is 3.85. The van der Waals surface area contributed by atoms with E-state index in [1.54, 1.807) is 7.11 Å². The zero-order valence-electron chi connectivity index (χ0n) is 17.5. The molecule has 4 aromatic carbocycles. The summed E-state index contributed by atoms with van der Waals surface area (Å²) in [6, 6.07) is 30.4. The summed E-state index contributed by atoms with van der Waals surface area (Å²) in [4.78, 5) is 0. The molecule has 0 atom stereocenters. The van der Waals surface area contributed by atoms with E-state index in [0.29, 0.717) is 0 Å². The Bertz CT molecular complexity index is 1070. The lowest BCUT2D eigenvalue weighted by Gasteiger charge is -2.19. The molecule has 0 aromatic heterocycles. The van der Waals surface area contributed by atoms with E-state index in [1.807, 2.05) is 12.1 Å². The average molecular weight is 379 g/mol. The minimum Gasteiger partial charge on any atom is -0.496 e. The molecule has 0 saturated heterocycles. The molecule has 0 aliphatic rings. The molecule has 0 aliphatic carbocycles. The zero-order chi connectivity index (χ0) is 20.4. The maximum Gasteiger partial charge on any atom is 0.126 e. The number of aryl methyl sites for hydroxylation is 3. The molecule has 0 saturated carbocycles. The second kappa shape index (κ2) is 7.97. The number of rotatable bonds is 4. The molecule has 0 fully saturated rings. The van der Waals surface area contributed by atoms with Crippen LogP contribution in [0.4, 0.5) is 0 Å². The van der Waals surface area contributed by atoms with Crippen molar-refractivity contribution in [3.05, 3.63) is 102 Å². The molecule has 0 spiro atoms. The minimum absolute atomic E-state index is 0.887. The van der Waals surface area contributed by atoms with Crippen LogP contribution in [0.5, 0.6) is 5.75 Å². The maximum absolute atomic E-state index is 5.75. The van der Waals surface area contributed by atoms with Gasteiger partial charge in [0.25, 0.3) is 0 Å². The summed E-state index contributed by atoms with van der Waals surface area (Å²) in [5.41, 5.74) is 11.0. The third kappa shape index (κ3) is 3.82. The van der Waals surface area contributed by atoms with Gasteiger partial charge < -0.3 is 4.74 Å². The second-order valence-corrected chi connectivity index (χ2v) is 7.67. The Hall–Kier alpha value is -3.32. The Balaban J connectivity index is 2.08. The molecule has 0 aliphatic heterocycles. The Labute approximate surface area is 173 Å². The maximum atomic E-state index is 5.75. The summed E-state index contributed by atoms with van der Waals surface area (Å²) in [6.45, 7) is 6.42. The Morgan fingerprint density at radius 3 is 1.48 bits per heavy atom. The predicted molar refractivity (Wildman–Crippen MR) is 124 cm³/mol. The van der Waals surface area contributed by atoms with Gasteiger partial charge in [-0.15, -0.1) is 0 Å². The van der Waals surface area contributed by atoms with Crippen molar-refractivity contribution < 1.29 is 4.74 Å². The van der Waals surface area contributed by atoms with Crippen LogP contribution in [0.1, 0.15) is 16.7 Å². The normalized spacial score (nSPS) is 10.8. The molecule has 0 amide bonds. The topological polar surface area (TPSA) is 9.23 Å². The Morgan fingerprint density at radius 2 is 1.00 bits per heavy atom. The molecule has 144 valence electrons. The van der Waals surface area contributed by atoms with Crippen LogP contribution in [-0.2, 0) is 0 Å². The molecule has 1 heteroatoms. The highest BCUT2D eigenvalue weighted by atomic mass is 16.5. The van der Waals surface area contributed by atoms with Crippen LogP contribution in [0, 0.1) is 20.8 Å². The van der Waals surface area contributed by atoms with Crippen molar-refractivity contribution in [1.29, 1.82) is 0 Å². The monoisotopic (exact) mass is 378 g/mol. The Kier molecular flexibility index (Phi) is 5.22. The lowest BCUT2D eigenvalue weighted by Crippen LogP contribution is -1.95. The minimum atomic E-state index is 0.887. The van der Waals surface area contributed by atoms with Gasteiger partial charge in [-0.25, -0.2) is 0 Å². The summed E-state index contributed by atoms with van der Waals surface area (Å²) in [6.07, 6.45) is 0. The number of ether oxygens (including phenoxy) is 1. The summed E-state index contributed by atoms with van der Waals surface area (Å²) in [7, 11) is 1.74. The highest BCUT2D eigenvalue weighted by molar-refractivity contribution is 5.96. The summed E-state index contributed by atoms with van der Waals surface area (Å²) >= 11 is 0. The number of hydrogen-bond acceptors (Lipinski definition) is 1. The van der Waals surface area contributed by atoms with Crippen molar-refractivity contribution in [2.45, 2.75) is 20.8 Å². The molecular formula is C28H26O. The first-order chi connectivity index (χ1) is 14.1. The van der Waals surface area contributed by atoms with Crippen molar-refractivity contribution in [2.75, 3.05) is 7.11 Å². The predicted octanol–water partition coefficient (Wildman–Crippen LogP) is 7.62.